The van der Waals surface area contributed by atoms with Crippen molar-refractivity contribution in [2.24, 2.45) is 5.92 Å². The SMILES string of the molecule is CCOCCO[C-]=CCC(C)C.[Li+]. The van der Waals surface area contributed by atoms with E-state index in [1.807, 2.05) is 13.0 Å². The molecule has 0 fully saturated rings. The molecule has 0 saturated carbocycles. The van der Waals surface area contributed by atoms with Gasteiger partial charge in [-0.15, -0.1) is 0 Å². The standard InChI is InChI=1S/C10H19O2.Li/c1-4-11-8-9-12-7-5-6-10(2)3;/h5,10H,4,6,8-9H2,1-3H3;/q-1;+1. The van der Waals surface area contributed by atoms with E-state index in [9.17, 15) is 0 Å². The van der Waals surface area contributed by atoms with Crippen LogP contribution in [0.3, 0.4) is 0 Å². The van der Waals surface area contributed by atoms with Crippen molar-refractivity contribution in [2.45, 2.75) is 27.2 Å². The average molecular weight is 178 g/mol. The van der Waals surface area contributed by atoms with Crippen LogP contribution in [0.1, 0.15) is 27.2 Å². The fourth-order valence-electron chi connectivity index (χ4n) is 0.647. The van der Waals surface area contributed by atoms with Crippen molar-refractivity contribution in [1.29, 1.82) is 0 Å². The van der Waals surface area contributed by atoms with E-state index < -0.39 is 0 Å². The Labute approximate surface area is 93.9 Å². The molecule has 0 heterocycles. The topological polar surface area (TPSA) is 18.5 Å². The Morgan fingerprint density at radius 3 is 2.54 bits per heavy atom. The maximum Gasteiger partial charge on any atom is 1.00 e. The Kier molecular flexibility index (Phi) is 14.5. The zero-order valence-corrected chi connectivity index (χ0v) is 9.30. The van der Waals surface area contributed by atoms with Gasteiger partial charge in [0.1, 0.15) is 0 Å². The third-order valence-electron chi connectivity index (χ3n) is 1.29. The number of ether oxygens (including phenoxy) is 2. The predicted molar refractivity (Wildman–Crippen MR) is 49.7 cm³/mol. The van der Waals surface area contributed by atoms with Gasteiger partial charge < -0.3 is 15.7 Å². The van der Waals surface area contributed by atoms with E-state index in [-0.39, 0.29) is 18.9 Å². The average Bonchev–Trinajstić information content (AvgIpc) is 2.02. The number of rotatable bonds is 7. The van der Waals surface area contributed by atoms with Crippen LogP contribution < -0.4 is 18.9 Å². The Morgan fingerprint density at radius 2 is 2.00 bits per heavy atom. The van der Waals surface area contributed by atoms with Crippen LogP contribution in [0.4, 0.5) is 0 Å². The van der Waals surface area contributed by atoms with Crippen LogP contribution in [0.15, 0.2) is 6.08 Å². The van der Waals surface area contributed by atoms with E-state index in [0.29, 0.717) is 19.1 Å². The molecule has 0 spiro atoms. The fraction of sp³-hybridized carbons (Fsp3) is 0.800. The van der Waals surface area contributed by atoms with Gasteiger partial charge in [0.25, 0.3) is 0 Å². The minimum Gasteiger partial charge on any atom is -0.692 e. The van der Waals surface area contributed by atoms with Crippen molar-refractivity contribution in [3.05, 3.63) is 12.3 Å². The van der Waals surface area contributed by atoms with Crippen LogP contribution >= 0.6 is 0 Å². The molecule has 0 aliphatic carbocycles. The van der Waals surface area contributed by atoms with Gasteiger partial charge in [0.2, 0.25) is 0 Å². The summed E-state index contributed by atoms with van der Waals surface area (Å²) < 4.78 is 10.1. The quantitative estimate of drug-likeness (QED) is 0.224. The molecule has 13 heavy (non-hydrogen) atoms. The van der Waals surface area contributed by atoms with Gasteiger partial charge in [0.05, 0.1) is 13.2 Å². The molecule has 0 aromatic heterocycles. The van der Waals surface area contributed by atoms with Crippen LogP contribution in [0.2, 0.25) is 0 Å². The van der Waals surface area contributed by atoms with Gasteiger partial charge >= 0.3 is 18.9 Å². The molecule has 0 bridgehead atoms. The number of allylic oxidation sites excluding steroid dienone is 1. The molecule has 0 aromatic rings. The molecule has 0 aliphatic heterocycles. The fourth-order valence-corrected chi connectivity index (χ4v) is 0.647. The summed E-state index contributed by atoms with van der Waals surface area (Å²) in [5.74, 6) is 0.674. The molecule has 0 N–H and O–H groups in total. The summed E-state index contributed by atoms with van der Waals surface area (Å²) >= 11 is 0. The summed E-state index contributed by atoms with van der Waals surface area (Å²) in [5, 5.41) is 0. The van der Waals surface area contributed by atoms with Crippen molar-refractivity contribution in [1.82, 2.24) is 0 Å². The van der Waals surface area contributed by atoms with Gasteiger partial charge in [-0.05, 0) is 12.8 Å². The molecular formula is C10H19LiO2. The first kappa shape index (κ1) is 15.6. The van der Waals surface area contributed by atoms with E-state index >= 15 is 0 Å². The van der Waals surface area contributed by atoms with Crippen molar-refractivity contribution in [3.63, 3.8) is 0 Å². The maximum atomic E-state index is 5.08. The van der Waals surface area contributed by atoms with Crippen LogP contribution in [0, 0.1) is 12.2 Å². The maximum absolute atomic E-state index is 5.08. The first-order valence-electron chi connectivity index (χ1n) is 4.54. The molecule has 0 rings (SSSR count). The summed E-state index contributed by atoms with van der Waals surface area (Å²) in [4.78, 5) is 0. The zero-order chi connectivity index (χ0) is 9.23. The summed E-state index contributed by atoms with van der Waals surface area (Å²) in [5.41, 5.74) is 0. The monoisotopic (exact) mass is 178 g/mol. The second-order valence-electron chi connectivity index (χ2n) is 3.00. The Balaban J connectivity index is 0. The van der Waals surface area contributed by atoms with Crippen molar-refractivity contribution in [2.75, 3.05) is 19.8 Å². The van der Waals surface area contributed by atoms with Crippen molar-refractivity contribution >= 4 is 0 Å². The zero-order valence-electron chi connectivity index (χ0n) is 9.30. The summed E-state index contributed by atoms with van der Waals surface area (Å²) in [6.45, 7) is 8.30. The molecule has 0 aliphatic rings. The molecular weight excluding hydrogens is 159 g/mol. The molecule has 72 valence electrons. The first-order chi connectivity index (χ1) is 5.77. The van der Waals surface area contributed by atoms with E-state index in [1.165, 1.54) is 0 Å². The van der Waals surface area contributed by atoms with E-state index in [2.05, 4.69) is 20.1 Å². The summed E-state index contributed by atoms with van der Waals surface area (Å²) in [7, 11) is 0. The van der Waals surface area contributed by atoms with Crippen molar-refractivity contribution in [3.8, 4) is 0 Å². The second kappa shape index (κ2) is 12.1. The van der Waals surface area contributed by atoms with Gasteiger partial charge in [-0.3, -0.25) is 0 Å². The molecule has 2 nitrogen and oxygen atoms in total. The van der Waals surface area contributed by atoms with E-state index in [0.717, 1.165) is 13.0 Å². The first-order valence-corrected chi connectivity index (χ1v) is 4.54. The molecule has 3 heteroatoms. The molecule has 0 unspecified atom stereocenters. The van der Waals surface area contributed by atoms with Gasteiger partial charge in [0.15, 0.2) is 0 Å². The normalized spacial score (nSPS) is 10.5. The van der Waals surface area contributed by atoms with Crippen LogP contribution in [-0.4, -0.2) is 19.8 Å². The Hall–Kier alpha value is 0.0974. The van der Waals surface area contributed by atoms with Crippen LogP contribution in [0.25, 0.3) is 0 Å². The van der Waals surface area contributed by atoms with Crippen LogP contribution in [0.5, 0.6) is 0 Å². The predicted octanol–water partition coefficient (Wildman–Crippen LogP) is -0.594. The molecule has 0 saturated heterocycles. The minimum atomic E-state index is 0. The van der Waals surface area contributed by atoms with Gasteiger partial charge in [0, 0.05) is 6.61 Å². The summed E-state index contributed by atoms with van der Waals surface area (Å²) in [6, 6.07) is 0. The largest absolute Gasteiger partial charge is 1.00 e. The van der Waals surface area contributed by atoms with E-state index in [1.54, 1.807) is 0 Å². The molecule has 0 amide bonds. The van der Waals surface area contributed by atoms with Crippen LogP contribution in [-0.2, 0) is 9.47 Å². The Morgan fingerprint density at radius 1 is 1.31 bits per heavy atom. The van der Waals surface area contributed by atoms with Gasteiger partial charge in [-0.2, -0.15) is 0 Å². The number of hydrogen-bond donors (Lipinski definition) is 0. The third kappa shape index (κ3) is 14.9. The minimum absolute atomic E-state index is 0. The molecule has 0 atom stereocenters. The molecule has 0 aromatic carbocycles. The van der Waals surface area contributed by atoms with Crippen molar-refractivity contribution < 1.29 is 28.3 Å². The smallest absolute Gasteiger partial charge is 0.692 e. The third-order valence-corrected chi connectivity index (χ3v) is 1.29. The van der Waals surface area contributed by atoms with Gasteiger partial charge in [-0.1, -0.05) is 20.3 Å². The second-order valence-corrected chi connectivity index (χ2v) is 3.00. The summed E-state index contributed by atoms with van der Waals surface area (Å²) in [6.07, 6.45) is 5.72. The number of hydrogen-bond acceptors (Lipinski definition) is 2. The Bertz CT molecular complexity index is 113. The molecule has 0 radical (unpaired) electrons. The van der Waals surface area contributed by atoms with E-state index in [4.69, 9.17) is 9.47 Å². The van der Waals surface area contributed by atoms with Gasteiger partial charge in [-0.25, -0.2) is 6.08 Å².